The Hall–Kier alpha value is -1.16. The van der Waals surface area contributed by atoms with E-state index in [-0.39, 0.29) is 0 Å². The third kappa shape index (κ3) is 1.78. The van der Waals surface area contributed by atoms with Crippen LogP contribution in [0.25, 0.3) is 0 Å². The molecule has 1 aliphatic rings. The number of nitrogens with two attached hydrogens (primary N) is 1. The molecule has 0 saturated carbocycles. The Morgan fingerprint density at radius 1 is 1.54 bits per heavy atom. The van der Waals surface area contributed by atoms with Crippen LogP contribution in [-0.2, 0) is 0 Å². The molecule has 2 rings (SSSR count). The molecular weight excluding hydrogens is 164 g/mol. The van der Waals surface area contributed by atoms with E-state index in [9.17, 15) is 0 Å². The summed E-state index contributed by atoms with van der Waals surface area (Å²) in [5, 5.41) is 3.38. The molecule has 0 radical (unpaired) electrons. The number of aromatic nitrogens is 2. The van der Waals surface area contributed by atoms with E-state index >= 15 is 0 Å². The molecule has 1 unspecified atom stereocenters. The number of rotatable bonds is 1. The molecule has 0 amide bonds. The van der Waals surface area contributed by atoms with Crippen molar-refractivity contribution in [2.24, 2.45) is 0 Å². The highest BCUT2D eigenvalue weighted by Gasteiger charge is 2.17. The molecular formula is C9H14N4. The van der Waals surface area contributed by atoms with E-state index in [1.165, 1.54) is 6.42 Å². The largest absolute Gasteiger partial charge is 0.384 e. The lowest BCUT2D eigenvalue weighted by atomic mass is 10.1. The molecule has 4 nitrogen and oxygen atoms in total. The first-order chi connectivity index (χ1) is 6.25. The number of nitrogen functional groups attached to an aromatic ring is 1. The van der Waals surface area contributed by atoms with Crippen molar-refractivity contribution in [3.63, 3.8) is 0 Å². The monoisotopic (exact) mass is 178 g/mol. The van der Waals surface area contributed by atoms with Crippen molar-refractivity contribution in [2.45, 2.75) is 25.8 Å². The second-order valence-corrected chi connectivity index (χ2v) is 3.41. The fraction of sp³-hybridized carbons (Fsp3) is 0.556. The molecule has 70 valence electrons. The minimum absolute atomic E-state index is 0.379. The van der Waals surface area contributed by atoms with E-state index in [4.69, 9.17) is 5.73 Å². The van der Waals surface area contributed by atoms with E-state index < -0.39 is 0 Å². The predicted molar refractivity (Wildman–Crippen MR) is 51.2 cm³/mol. The highest BCUT2D eigenvalue weighted by atomic mass is 15.0. The molecule has 3 N–H and O–H groups in total. The lowest BCUT2D eigenvalue weighted by molar-refractivity contribution is 0.623. The maximum absolute atomic E-state index is 5.65. The number of nitrogens with zero attached hydrogens (tertiary/aromatic N) is 2. The van der Waals surface area contributed by atoms with Crippen LogP contribution in [0.5, 0.6) is 0 Å². The van der Waals surface area contributed by atoms with Crippen LogP contribution in [0.3, 0.4) is 0 Å². The van der Waals surface area contributed by atoms with Crippen LogP contribution in [0.1, 0.15) is 30.4 Å². The number of aryl methyl sites for hydroxylation is 1. The summed E-state index contributed by atoms with van der Waals surface area (Å²) in [6.45, 7) is 2.95. The summed E-state index contributed by atoms with van der Waals surface area (Å²) in [6.07, 6.45) is 2.36. The lowest BCUT2D eigenvalue weighted by Crippen LogP contribution is -2.15. The van der Waals surface area contributed by atoms with Crippen molar-refractivity contribution in [1.29, 1.82) is 0 Å². The van der Waals surface area contributed by atoms with Gasteiger partial charge in [0.1, 0.15) is 11.6 Å². The van der Waals surface area contributed by atoms with Gasteiger partial charge in [-0.2, -0.15) is 0 Å². The lowest BCUT2D eigenvalue weighted by Gasteiger charge is -2.10. The maximum atomic E-state index is 5.65. The first-order valence-corrected chi connectivity index (χ1v) is 4.60. The zero-order chi connectivity index (χ0) is 9.26. The van der Waals surface area contributed by atoms with Crippen molar-refractivity contribution in [3.8, 4) is 0 Å². The number of anilines is 1. The SMILES string of the molecule is Cc1nc(N)cc(C2CCCN2)n1. The van der Waals surface area contributed by atoms with Gasteiger partial charge < -0.3 is 11.1 Å². The Morgan fingerprint density at radius 3 is 3.00 bits per heavy atom. The molecule has 1 fully saturated rings. The van der Waals surface area contributed by atoms with Crippen LogP contribution < -0.4 is 11.1 Å². The summed E-state index contributed by atoms with van der Waals surface area (Å²) in [6, 6.07) is 2.24. The van der Waals surface area contributed by atoms with Gasteiger partial charge in [0.15, 0.2) is 0 Å². The highest BCUT2D eigenvalue weighted by molar-refractivity contribution is 5.31. The van der Waals surface area contributed by atoms with E-state index in [1.54, 1.807) is 0 Å². The number of hydrogen-bond acceptors (Lipinski definition) is 4. The third-order valence-electron chi connectivity index (χ3n) is 2.29. The van der Waals surface area contributed by atoms with Crippen LogP contribution in [0.2, 0.25) is 0 Å². The summed E-state index contributed by atoms with van der Waals surface area (Å²) in [5.41, 5.74) is 6.68. The Morgan fingerprint density at radius 2 is 2.38 bits per heavy atom. The smallest absolute Gasteiger partial charge is 0.127 e. The zero-order valence-corrected chi connectivity index (χ0v) is 7.75. The minimum atomic E-state index is 0.379. The van der Waals surface area contributed by atoms with Crippen molar-refractivity contribution in [1.82, 2.24) is 15.3 Å². The molecule has 0 aromatic carbocycles. The summed E-state index contributed by atoms with van der Waals surface area (Å²) in [7, 11) is 0. The Balaban J connectivity index is 2.28. The topological polar surface area (TPSA) is 63.8 Å². The summed E-state index contributed by atoms with van der Waals surface area (Å²) < 4.78 is 0. The molecule has 1 saturated heterocycles. The highest BCUT2D eigenvalue weighted by Crippen LogP contribution is 2.21. The fourth-order valence-corrected chi connectivity index (χ4v) is 1.73. The van der Waals surface area contributed by atoms with Gasteiger partial charge in [-0.15, -0.1) is 0 Å². The average Bonchev–Trinajstić information content (AvgIpc) is 2.53. The average molecular weight is 178 g/mol. The maximum Gasteiger partial charge on any atom is 0.127 e. The zero-order valence-electron chi connectivity index (χ0n) is 7.75. The second kappa shape index (κ2) is 3.30. The summed E-state index contributed by atoms with van der Waals surface area (Å²) in [5.74, 6) is 1.32. The predicted octanol–water partition coefficient (Wildman–Crippen LogP) is 0.792. The van der Waals surface area contributed by atoms with Crippen LogP contribution >= 0.6 is 0 Å². The van der Waals surface area contributed by atoms with Gasteiger partial charge in [-0.3, -0.25) is 0 Å². The van der Waals surface area contributed by atoms with Gasteiger partial charge in [0.25, 0.3) is 0 Å². The van der Waals surface area contributed by atoms with Gasteiger partial charge >= 0.3 is 0 Å². The third-order valence-corrected chi connectivity index (χ3v) is 2.29. The van der Waals surface area contributed by atoms with Crippen molar-refractivity contribution < 1.29 is 0 Å². The van der Waals surface area contributed by atoms with Crippen LogP contribution in [0, 0.1) is 6.92 Å². The first kappa shape index (κ1) is 8.44. The van der Waals surface area contributed by atoms with Crippen molar-refractivity contribution in [2.75, 3.05) is 12.3 Å². The molecule has 1 atom stereocenters. The number of hydrogen-bond donors (Lipinski definition) is 2. The molecule has 0 aliphatic carbocycles. The van der Waals surface area contributed by atoms with E-state index in [0.29, 0.717) is 11.9 Å². The number of nitrogens with one attached hydrogen (secondary N) is 1. The normalized spacial score (nSPS) is 22.1. The van der Waals surface area contributed by atoms with Gasteiger partial charge in [0.2, 0.25) is 0 Å². The van der Waals surface area contributed by atoms with Crippen LogP contribution in [0.4, 0.5) is 5.82 Å². The van der Waals surface area contributed by atoms with E-state index in [1.807, 2.05) is 13.0 Å². The van der Waals surface area contributed by atoms with Gasteiger partial charge in [-0.25, -0.2) is 9.97 Å². The molecule has 1 aromatic rings. The summed E-state index contributed by atoms with van der Waals surface area (Å²) in [4.78, 5) is 8.41. The molecule has 13 heavy (non-hydrogen) atoms. The minimum Gasteiger partial charge on any atom is -0.384 e. The fourth-order valence-electron chi connectivity index (χ4n) is 1.73. The Bertz CT molecular complexity index is 284. The molecule has 1 aromatic heterocycles. The van der Waals surface area contributed by atoms with Crippen LogP contribution in [0.15, 0.2) is 6.07 Å². The second-order valence-electron chi connectivity index (χ2n) is 3.41. The van der Waals surface area contributed by atoms with Crippen molar-refractivity contribution >= 4 is 5.82 Å². The van der Waals surface area contributed by atoms with Gasteiger partial charge in [-0.1, -0.05) is 0 Å². The molecule has 4 heteroatoms. The Labute approximate surface area is 77.6 Å². The molecule has 0 bridgehead atoms. The van der Waals surface area contributed by atoms with E-state index in [0.717, 1.165) is 24.5 Å². The molecule has 2 heterocycles. The molecule has 1 aliphatic heterocycles. The molecule has 0 spiro atoms. The summed E-state index contributed by atoms with van der Waals surface area (Å²) >= 11 is 0. The van der Waals surface area contributed by atoms with E-state index in [2.05, 4.69) is 15.3 Å². The standard InChI is InChI=1S/C9H14N4/c1-6-12-8(5-9(10)13-6)7-3-2-4-11-7/h5,7,11H,2-4H2,1H3,(H2,10,12,13). The Kier molecular flexibility index (Phi) is 2.14. The van der Waals surface area contributed by atoms with Gasteiger partial charge in [0, 0.05) is 12.1 Å². The van der Waals surface area contributed by atoms with Gasteiger partial charge in [0.05, 0.1) is 5.69 Å². The van der Waals surface area contributed by atoms with Gasteiger partial charge in [-0.05, 0) is 26.3 Å². The first-order valence-electron chi connectivity index (χ1n) is 4.60. The quantitative estimate of drug-likeness (QED) is 0.667. The van der Waals surface area contributed by atoms with Crippen LogP contribution in [-0.4, -0.2) is 16.5 Å². The van der Waals surface area contributed by atoms with Crippen molar-refractivity contribution in [3.05, 3.63) is 17.6 Å².